The SMILES string of the molecule is CN(Cc1cnn(C)c1)C(=O)C1=NN(C)C(=O)CC1. The second-order valence-electron chi connectivity index (χ2n) is 4.65. The van der Waals surface area contributed by atoms with Crippen molar-refractivity contribution in [3.63, 3.8) is 0 Å². The lowest BCUT2D eigenvalue weighted by Crippen LogP contribution is -2.38. The van der Waals surface area contributed by atoms with Gasteiger partial charge in [0.1, 0.15) is 5.71 Å². The molecule has 19 heavy (non-hydrogen) atoms. The first-order valence-corrected chi connectivity index (χ1v) is 6.04. The molecule has 1 aliphatic heterocycles. The average Bonchev–Trinajstić information content (AvgIpc) is 2.77. The summed E-state index contributed by atoms with van der Waals surface area (Å²) in [7, 11) is 5.11. The number of rotatable bonds is 3. The molecule has 7 heteroatoms. The topological polar surface area (TPSA) is 70.8 Å². The minimum absolute atomic E-state index is 0.0635. The van der Waals surface area contributed by atoms with Gasteiger partial charge < -0.3 is 4.90 Å². The Bertz CT molecular complexity index is 534. The maximum absolute atomic E-state index is 12.2. The minimum Gasteiger partial charge on any atom is -0.336 e. The van der Waals surface area contributed by atoms with Crippen molar-refractivity contribution in [3.05, 3.63) is 18.0 Å². The van der Waals surface area contributed by atoms with Crippen molar-refractivity contribution >= 4 is 17.5 Å². The van der Waals surface area contributed by atoms with Crippen molar-refractivity contribution in [2.75, 3.05) is 14.1 Å². The van der Waals surface area contributed by atoms with Gasteiger partial charge in [-0.2, -0.15) is 10.2 Å². The molecule has 0 bridgehead atoms. The molecule has 1 aromatic rings. The minimum atomic E-state index is -0.150. The zero-order chi connectivity index (χ0) is 14.0. The Morgan fingerprint density at radius 3 is 2.74 bits per heavy atom. The lowest BCUT2D eigenvalue weighted by atomic mass is 10.1. The highest BCUT2D eigenvalue weighted by molar-refractivity contribution is 6.39. The second-order valence-corrected chi connectivity index (χ2v) is 4.65. The van der Waals surface area contributed by atoms with Gasteiger partial charge in [0.05, 0.1) is 6.20 Å². The molecule has 0 aromatic carbocycles. The molecule has 2 heterocycles. The molecule has 0 fully saturated rings. The number of hydrogen-bond acceptors (Lipinski definition) is 4. The van der Waals surface area contributed by atoms with Crippen LogP contribution >= 0.6 is 0 Å². The molecule has 0 saturated carbocycles. The Hall–Kier alpha value is -2.18. The van der Waals surface area contributed by atoms with Gasteiger partial charge in [0, 0.05) is 52.3 Å². The Kier molecular flexibility index (Phi) is 3.64. The summed E-state index contributed by atoms with van der Waals surface area (Å²) in [6, 6.07) is 0. The number of hydrazone groups is 1. The molecule has 0 unspecified atom stereocenters. The Morgan fingerprint density at radius 1 is 1.42 bits per heavy atom. The number of amides is 2. The molecule has 2 amide bonds. The number of aryl methyl sites for hydroxylation is 1. The van der Waals surface area contributed by atoms with Crippen LogP contribution in [0, 0.1) is 0 Å². The van der Waals surface area contributed by atoms with Crippen LogP contribution in [0.15, 0.2) is 17.5 Å². The van der Waals surface area contributed by atoms with E-state index in [-0.39, 0.29) is 11.8 Å². The fourth-order valence-electron chi connectivity index (χ4n) is 1.94. The number of nitrogens with zero attached hydrogens (tertiary/aromatic N) is 5. The summed E-state index contributed by atoms with van der Waals surface area (Å²) in [4.78, 5) is 25.1. The molecule has 102 valence electrons. The molecule has 0 radical (unpaired) electrons. The van der Waals surface area contributed by atoms with Gasteiger partial charge in [-0.1, -0.05) is 0 Å². The molecule has 0 atom stereocenters. The van der Waals surface area contributed by atoms with Crippen LogP contribution in [0.4, 0.5) is 0 Å². The van der Waals surface area contributed by atoms with E-state index in [9.17, 15) is 9.59 Å². The highest BCUT2D eigenvalue weighted by Crippen LogP contribution is 2.10. The Morgan fingerprint density at radius 2 is 2.16 bits per heavy atom. The molecule has 7 nitrogen and oxygen atoms in total. The Balaban J connectivity index is 2.03. The predicted octanol–water partition coefficient (Wildman–Crippen LogP) is -0.0133. The van der Waals surface area contributed by atoms with E-state index >= 15 is 0 Å². The normalized spacial score (nSPS) is 15.4. The van der Waals surface area contributed by atoms with Gasteiger partial charge in [-0.3, -0.25) is 14.3 Å². The standard InChI is InChI=1S/C12H17N5O2/c1-15(7-9-6-13-16(2)8-9)12(19)10-4-5-11(18)17(3)14-10/h6,8H,4-5,7H2,1-3H3. The van der Waals surface area contributed by atoms with E-state index < -0.39 is 0 Å². The Labute approximate surface area is 111 Å². The van der Waals surface area contributed by atoms with E-state index in [4.69, 9.17) is 0 Å². The number of hydrogen-bond donors (Lipinski definition) is 0. The number of carbonyl (C=O) groups excluding carboxylic acids is 2. The van der Waals surface area contributed by atoms with Crippen molar-refractivity contribution in [1.82, 2.24) is 19.7 Å². The fourth-order valence-corrected chi connectivity index (χ4v) is 1.94. The highest BCUT2D eigenvalue weighted by atomic mass is 16.2. The van der Waals surface area contributed by atoms with E-state index in [1.54, 1.807) is 29.9 Å². The van der Waals surface area contributed by atoms with Crippen LogP contribution < -0.4 is 0 Å². The van der Waals surface area contributed by atoms with Crippen LogP contribution in [-0.4, -0.2) is 51.3 Å². The highest BCUT2D eigenvalue weighted by Gasteiger charge is 2.24. The summed E-state index contributed by atoms with van der Waals surface area (Å²) in [6.07, 6.45) is 4.32. The van der Waals surface area contributed by atoms with Crippen molar-refractivity contribution in [1.29, 1.82) is 0 Å². The van der Waals surface area contributed by atoms with Crippen LogP contribution in [0.5, 0.6) is 0 Å². The largest absolute Gasteiger partial charge is 0.336 e. The first kappa shape index (κ1) is 13.3. The smallest absolute Gasteiger partial charge is 0.270 e. The zero-order valence-corrected chi connectivity index (χ0v) is 11.3. The van der Waals surface area contributed by atoms with Gasteiger partial charge in [-0.15, -0.1) is 0 Å². The molecule has 1 aromatic heterocycles. The molecule has 2 rings (SSSR count). The summed E-state index contributed by atoms with van der Waals surface area (Å²) in [6.45, 7) is 0.476. The lowest BCUT2D eigenvalue weighted by Gasteiger charge is -2.22. The zero-order valence-electron chi connectivity index (χ0n) is 11.3. The second kappa shape index (κ2) is 5.21. The van der Waals surface area contributed by atoms with E-state index in [1.807, 2.05) is 13.2 Å². The van der Waals surface area contributed by atoms with Gasteiger partial charge in [-0.05, 0) is 0 Å². The monoisotopic (exact) mass is 263 g/mol. The molecule has 0 saturated heterocycles. The third kappa shape index (κ3) is 2.98. The van der Waals surface area contributed by atoms with Crippen molar-refractivity contribution < 1.29 is 9.59 Å². The lowest BCUT2D eigenvalue weighted by molar-refractivity contribution is -0.130. The van der Waals surface area contributed by atoms with Crippen LogP contribution in [0.2, 0.25) is 0 Å². The summed E-state index contributed by atoms with van der Waals surface area (Å²) in [5, 5.41) is 9.31. The van der Waals surface area contributed by atoms with Crippen molar-refractivity contribution in [3.8, 4) is 0 Å². The molecule has 1 aliphatic rings. The van der Waals surface area contributed by atoms with Gasteiger partial charge >= 0.3 is 0 Å². The van der Waals surface area contributed by atoms with Gasteiger partial charge in [0.15, 0.2) is 0 Å². The van der Waals surface area contributed by atoms with E-state index in [2.05, 4.69) is 10.2 Å². The summed E-state index contributed by atoms with van der Waals surface area (Å²) < 4.78 is 1.69. The van der Waals surface area contributed by atoms with E-state index in [0.717, 1.165) is 5.56 Å². The molecule has 0 spiro atoms. The van der Waals surface area contributed by atoms with Gasteiger partial charge in [-0.25, -0.2) is 5.01 Å². The quantitative estimate of drug-likeness (QED) is 0.770. The first-order valence-electron chi connectivity index (χ1n) is 6.04. The number of aromatic nitrogens is 2. The average molecular weight is 263 g/mol. The molecular formula is C12H17N5O2. The first-order chi connectivity index (χ1) is 8.97. The molecule has 0 N–H and O–H groups in total. The maximum atomic E-state index is 12.2. The van der Waals surface area contributed by atoms with Gasteiger partial charge in [0.2, 0.25) is 5.91 Å². The summed E-state index contributed by atoms with van der Waals surface area (Å²) in [5.74, 6) is -0.213. The van der Waals surface area contributed by atoms with Crippen molar-refractivity contribution in [2.24, 2.45) is 12.1 Å². The van der Waals surface area contributed by atoms with Crippen LogP contribution in [0.3, 0.4) is 0 Å². The summed E-state index contributed by atoms with van der Waals surface area (Å²) >= 11 is 0. The predicted molar refractivity (Wildman–Crippen MR) is 69.1 cm³/mol. The molecule has 0 aliphatic carbocycles. The maximum Gasteiger partial charge on any atom is 0.270 e. The van der Waals surface area contributed by atoms with E-state index in [1.165, 1.54) is 5.01 Å². The van der Waals surface area contributed by atoms with Crippen LogP contribution in [0.25, 0.3) is 0 Å². The van der Waals surface area contributed by atoms with Crippen LogP contribution in [0.1, 0.15) is 18.4 Å². The third-order valence-corrected chi connectivity index (χ3v) is 2.98. The summed E-state index contributed by atoms with van der Waals surface area (Å²) in [5.41, 5.74) is 1.38. The third-order valence-electron chi connectivity index (χ3n) is 2.98. The van der Waals surface area contributed by atoms with Crippen molar-refractivity contribution in [2.45, 2.75) is 19.4 Å². The molecular weight excluding hydrogens is 246 g/mol. The van der Waals surface area contributed by atoms with Crippen LogP contribution in [-0.2, 0) is 23.2 Å². The number of carbonyl (C=O) groups is 2. The van der Waals surface area contributed by atoms with Gasteiger partial charge in [0.25, 0.3) is 5.91 Å². The fraction of sp³-hybridized carbons (Fsp3) is 0.500. The van der Waals surface area contributed by atoms with E-state index in [0.29, 0.717) is 25.1 Å².